The van der Waals surface area contributed by atoms with Gasteiger partial charge < -0.3 is 9.47 Å². The summed E-state index contributed by atoms with van der Waals surface area (Å²) in [6, 6.07) is 9.30. The van der Waals surface area contributed by atoms with Crippen LogP contribution in [-0.2, 0) is 0 Å². The fourth-order valence-corrected chi connectivity index (χ4v) is 1.84. The van der Waals surface area contributed by atoms with Crippen LogP contribution >= 0.6 is 0 Å². The van der Waals surface area contributed by atoms with Gasteiger partial charge in [-0.1, -0.05) is 12.1 Å². The molecular weight excluding hydrogens is 259 g/mol. The van der Waals surface area contributed by atoms with E-state index in [1.807, 2.05) is 0 Å². The first-order valence-electron chi connectivity index (χ1n) is 6.09. The summed E-state index contributed by atoms with van der Waals surface area (Å²) in [5.41, 5.74) is 1.19. The number of hydrogen-bond acceptors (Lipinski definition) is 3. The van der Waals surface area contributed by atoms with Gasteiger partial charge in [-0.25, -0.2) is 4.39 Å². The highest BCUT2D eigenvalue weighted by molar-refractivity contribution is 6.09. The SMILES string of the molecule is COc1cc(OC)cc(C(=O)c2ccc(C)c(F)c2)c1. The molecule has 0 saturated carbocycles. The summed E-state index contributed by atoms with van der Waals surface area (Å²) in [7, 11) is 3.02. The first kappa shape index (κ1) is 14.1. The molecule has 0 aliphatic heterocycles. The highest BCUT2D eigenvalue weighted by atomic mass is 19.1. The number of ether oxygens (including phenoxy) is 2. The number of ketones is 1. The van der Waals surface area contributed by atoms with E-state index in [9.17, 15) is 9.18 Å². The Morgan fingerprint density at radius 3 is 2.05 bits per heavy atom. The molecule has 2 aromatic rings. The Bertz CT molecular complexity index is 628. The molecule has 0 aliphatic carbocycles. The van der Waals surface area contributed by atoms with Crippen LogP contribution in [0.1, 0.15) is 21.5 Å². The van der Waals surface area contributed by atoms with Gasteiger partial charge in [0, 0.05) is 17.2 Å². The van der Waals surface area contributed by atoms with Crippen LogP contribution in [0, 0.1) is 12.7 Å². The maximum Gasteiger partial charge on any atom is 0.193 e. The first-order valence-corrected chi connectivity index (χ1v) is 6.09. The summed E-state index contributed by atoms with van der Waals surface area (Å²) < 4.78 is 23.8. The average Bonchev–Trinajstić information content (AvgIpc) is 2.48. The lowest BCUT2D eigenvalue weighted by atomic mass is 10.0. The van der Waals surface area contributed by atoms with Crippen molar-refractivity contribution < 1.29 is 18.7 Å². The predicted molar refractivity (Wildman–Crippen MR) is 74.1 cm³/mol. The van der Waals surface area contributed by atoms with Gasteiger partial charge >= 0.3 is 0 Å². The van der Waals surface area contributed by atoms with Crippen molar-refractivity contribution in [2.75, 3.05) is 14.2 Å². The molecule has 2 rings (SSSR count). The molecule has 0 N–H and O–H groups in total. The maximum atomic E-state index is 13.5. The number of methoxy groups -OCH3 is 2. The van der Waals surface area contributed by atoms with Crippen molar-refractivity contribution in [1.82, 2.24) is 0 Å². The quantitative estimate of drug-likeness (QED) is 0.802. The van der Waals surface area contributed by atoms with E-state index in [2.05, 4.69) is 0 Å². The lowest BCUT2D eigenvalue weighted by molar-refractivity contribution is 0.103. The Labute approximate surface area is 117 Å². The highest BCUT2D eigenvalue weighted by Gasteiger charge is 2.13. The first-order chi connectivity index (χ1) is 9.55. The van der Waals surface area contributed by atoms with Gasteiger partial charge in [0.05, 0.1) is 14.2 Å². The van der Waals surface area contributed by atoms with Gasteiger partial charge in [0.1, 0.15) is 17.3 Å². The third-order valence-corrected chi connectivity index (χ3v) is 3.05. The Morgan fingerprint density at radius 1 is 0.950 bits per heavy atom. The van der Waals surface area contributed by atoms with Crippen LogP contribution < -0.4 is 9.47 Å². The second-order valence-electron chi connectivity index (χ2n) is 4.39. The van der Waals surface area contributed by atoms with Crippen LogP contribution in [0.15, 0.2) is 36.4 Å². The van der Waals surface area contributed by atoms with Crippen molar-refractivity contribution >= 4 is 5.78 Å². The van der Waals surface area contributed by atoms with E-state index >= 15 is 0 Å². The molecule has 0 amide bonds. The van der Waals surface area contributed by atoms with Crippen molar-refractivity contribution in [3.8, 4) is 11.5 Å². The van der Waals surface area contributed by atoms with Crippen LogP contribution in [0.4, 0.5) is 4.39 Å². The van der Waals surface area contributed by atoms with E-state index in [1.54, 1.807) is 37.3 Å². The standard InChI is InChI=1S/C16H15FO3/c1-10-4-5-11(8-15(10)17)16(18)12-6-13(19-2)9-14(7-12)20-3/h4-9H,1-3H3. The zero-order valence-electron chi connectivity index (χ0n) is 11.6. The van der Waals surface area contributed by atoms with Crippen molar-refractivity contribution in [3.63, 3.8) is 0 Å². The van der Waals surface area contributed by atoms with Crippen molar-refractivity contribution in [3.05, 3.63) is 58.9 Å². The number of carbonyl (C=O) groups is 1. The van der Waals surface area contributed by atoms with Gasteiger partial charge in [0.2, 0.25) is 0 Å². The number of rotatable bonds is 4. The molecule has 0 atom stereocenters. The molecule has 0 aromatic heterocycles. The molecule has 3 nitrogen and oxygen atoms in total. The Kier molecular flexibility index (Phi) is 4.03. The minimum Gasteiger partial charge on any atom is -0.497 e. The predicted octanol–water partition coefficient (Wildman–Crippen LogP) is 3.38. The molecule has 0 bridgehead atoms. The monoisotopic (exact) mass is 274 g/mol. The zero-order chi connectivity index (χ0) is 14.7. The van der Waals surface area contributed by atoms with Crippen LogP contribution in [0.25, 0.3) is 0 Å². The van der Waals surface area contributed by atoms with Gasteiger partial charge in [0.25, 0.3) is 0 Å². The average molecular weight is 274 g/mol. The highest BCUT2D eigenvalue weighted by Crippen LogP contribution is 2.24. The number of carbonyl (C=O) groups excluding carboxylic acids is 1. The fourth-order valence-electron chi connectivity index (χ4n) is 1.84. The number of halogens is 1. The second kappa shape index (κ2) is 5.74. The van der Waals surface area contributed by atoms with E-state index in [0.29, 0.717) is 28.2 Å². The molecule has 0 saturated heterocycles. The molecule has 4 heteroatoms. The smallest absolute Gasteiger partial charge is 0.193 e. The van der Waals surface area contributed by atoms with Crippen molar-refractivity contribution in [1.29, 1.82) is 0 Å². The van der Waals surface area contributed by atoms with E-state index < -0.39 is 5.82 Å². The summed E-state index contributed by atoms with van der Waals surface area (Å²) in [6.45, 7) is 1.65. The second-order valence-corrected chi connectivity index (χ2v) is 4.39. The lowest BCUT2D eigenvalue weighted by Crippen LogP contribution is -2.03. The fraction of sp³-hybridized carbons (Fsp3) is 0.188. The Hall–Kier alpha value is -2.36. The van der Waals surface area contributed by atoms with E-state index in [-0.39, 0.29) is 5.78 Å². The zero-order valence-corrected chi connectivity index (χ0v) is 11.6. The Morgan fingerprint density at radius 2 is 1.55 bits per heavy atom. The number of benzene rings is 2. The van der Waals surface area contributed by atoms with Crippen LogP contribution in [0.2, 0.25) is 0 Å². The van der Waals surface area contributed by atoms with Gasteiger partial charge in [-0.3, -0.25) is 4.79 Å². The summed E-state index contributed by atoms with van der Waals surface area (Å²) in [6.07, 6.45) is 0. The molecule has 0 spiro atoms. The van der Waals surface area contributed by atoms with E-state index in [0.717, 1.165) is 0 Å². The largest absolute Gasteiger partial charge is 0.497 e. The summed E-state index contributed by atoms with van der Waals surface area (Å²) in [4.78, 5) is 12.4. The molecule has 104 valence electrons. The van der Waals surface area contributed by atoms with Crippen LogP contribution in [-0.4, -0.2) is 20.0 Å². The molecular formula is C16H15FO3. The van der Waals surface area contributed by atoms with Crippen molar-refractivity contribution in [2.45, 2.75) is 6.92 Å². The molecule has 0 aliphatic rings. The minimum absolute atomic E-state index is 0.277. The third kappa shape index (κ3) is 2.79. The van der Waals surface area contributed by atoms with Crippen LogP contribution in [0.5, 0.6) is 11.5 Å². The minimum atomic E-state index is -0.397. The maximum absolute atomic E-state index is 13.5. The van der Waals surface area contributed by atoms with Gasteiger partial charge in [-0.2, -0.15) is 0 Å². The topological polar surface area (TPSA) is 35.5 Å². The van der Waals surface area contributed by atoms with E-state index in [1.165, 1.54) is 20.3 Å². The molecule has 2 aromatic carbocycles. The summed E-state index contributed by atoms with van der Waals surface area (Å²) >= 11 is 0. The molecule has 0 radical (unpaired) electrons. The molecule has 0 unspecified atom stereocenters. The molecule has 0 fully saturated rings. The summed E-state index contributed by atoms with van der Waals surface area (Å²) in [5, 5.41) is 0. The number of aryl methyl sites for hydroxylation is 1. The van der Waals surface area contributed by atoms with Gasteiger partial charge in [-0.15, -0.1) is 0 Å². The number of hydrogen-bond donors (Lipinski definition) is 0. The Balaban J connectivity index is 2.44. The lowest BCUT2D eigenvalue weighted by Gasteiger charge is -2.08. The van der Waals surface area contributed by atoms with E-state index in [4.69, 9.17) is 9.47 Å². The van der Waals surface area contributed by atoms with Gasteiger partial charge in [0.15, 0.2) is 5.78 Å². The third-order valence-electron chi connectivity index (χ3n) is 3.05. The van der Waals surface area contributed by atoms with Gasteiger partial charge in [-0.05, 0) is 30.7 Å². The summed E-state index contributed by atoms with van der Waals surface area (Å²) in [5.74, 6) is 0.354. The van der Waals surface area contributed by atoms with Crippen molar-refractivity contribution in [2.24, 2.45) is 0 Å². The van der Waals surface area contributed by atoms with Crippen LogP contribution in [0.3, 0.4) is 0 Å². The molecule has 20 heavy (non-hydrogen) atoms. The normalized spacial score (nSPS) is 10.2. The molecule has 0 heterocycles.